The molecular weight excluding hydrogens is 260 g/mol. The van der Waals surface area contributed by atoms with Crippen LogP contribution in [0.15, 0.2) is 30.6 Å². The van der Waals surface area contributed by atoms with Crippen molar-refractivity contribution in [3.8, 4) is 0 Å². The number of imidazole rings is 1. The molecule has 112 valence electrons. The van der Waals surface area contributed by atoms with Crippen molar-refractivity contribution in [3.05, 3.63) is 36.3 Å². The quantitative estimate of drug-likeness (QED) is 0.938. The van der Waals surface area contributed by atoms with E-state index in [2.05, 4.69) is 46.1 Å². The van der Waals surface area contributed by atoms with Crippen molar-refractivity contribution < 1.29 is 0 Å². The van der Waals surface area contributed by atoms with Crippen LogP contribution in [-0.4, -0.2) is 39.5 Å². The third kappa shape index (κ3) is 2.70. The van der Waals surface area contributed by atoms with E-state index in [0.29, 0.717) is 5.54 Å². The van der Waals surface area contributed by atoms with Gasteiger partial charge in [0.2, 0.25) is 0 Å². The Morgan fingerprint density at radius 2 is 2.29 bits per heavy atom. The van der Waals surface area contributed by atoms with Crippen molar-refractivity contribution in [2.45, 2.75) is 38.3 Å². The molecule has 1 saturated carbocycles. The van der Waals surface area contributed by atoms with Gasteiger partial charge in [-0.25, -0.2) is 4.98 Å². The van der Waals surface area contributed by atoms with Crippen LogP contribution < -0.4 is 5.32 Å². The lowest BCUT2D eigenvalue weighted by Crippen LogP contribution is -2.50. The van der Waals surface area contributed by atoms with Crippen LogP contribution in [0.3, 0.4) is 0 Å². The first-order valence-corrected chi connectivity index (χ1v) is 8.13. The van der Waals surface area contributed by atoms with Crippen molar-refractivity contribution in [1.29, 1.82) is 0 Å². The Morgan fingerprint density at radius 1 is 1.38 bits per heavy atom. The smallest absolute Gasteiger partial charge is 0.137 e. The van der Waals surface area contributed by atoms with E-state index in [1.165, 1.54) is 31.5 Å². The lowest BCUT2D eigenvalue weighted by atomic mass is 9.95. The van der Waals surface area contributed by atoms with Gasteiger partial charge in [-0.2, -0.15) is 0 Å². The molecule has 4 nitrogen and oxygen atoms in total. The molecule has 1 aliphatic heterocycles. The zero-order valence-corrected chi connectivity index (χ0v) is 12.8. The minimum atomic E-state index is 0.301. The van der Waals surface area contributed by atoms with Crippen LogP contribution in [0.1, 0.15) is 31.9 Å². The Morgan fingerprint density at radius 3 is 3.10 bits per heavy atom. The van der Waals surface area contributed by atoms with Gasteiger partial charge < -0.3 is 9.72 Å². The first-order valence-electron chi connectivity index (χ1n) is 8.13. The van der Waals surface area contributed by atoms with Gasteiger partial charge >= 0.3 is 0 Å². The van der Waals surface area contributed by atoms with E-state index in [0.717, 1.165) is 31.2 Å². The molecule has 2 aromatic heterocycles. The van der Waals surface area contributed by atoms with Gasteiger partial charge in [0, 0.05) is 31.0 Å². The lowest BCUT2D eigenvalue weighted by Gasteiger charge is -2.33. The third-order valence-corrected chi connectivity index (χ3v) is 5.01. The van der Waals surface area contributed by atoms with Crippen LogP contribution in [0.25, 0.3) is 5.65 Å². The first kappa shape index (κ1) is 13.3. The number of fused-ring (bicyclic) bond motifs is 1. The summed E-state index contributed by atoms with van der Waals surface area (Å²) in [4.78, 5) is 7.33. The molecule has 4 heteroatoms. The second-order valence-corrected chi connectivity index (χ2v) is 6.88. The summed E-state index contributed by atoms with van der Waals surface area (Å²) in [5.74, 6) is 0.874. The summed E-state index contributed by atoms with van der Waals surface area (Å²) < 4.78 is 2.12. The van der Waals surface area contributed by atoms with Gasteiger partial charge in [-0.1, -0.05) is 6.07 Å². The third-order valence-electron chi connectivity index (χ3n) is 5.01. The summed E-state index contributed by atoms with van der Waals surface area (Å²) in [7, 11) is 0. The summed E-state index contributed by atoms with van der Waals surface area (Å²) in [5.41, 5.74) is 2.53. The van der Waals surface area contributed by atoms with Crippen molar-refractivity contribution in [3.63, 3.8) is 0 Å². The molecule has 0 bridgehead atoms. The first-order chi connectivity index (χ1) is 10.2. The number of nitrogens with one attached hydrogen (secondary N) is 1. The summed E-state index contributed by atoms with van der Waals surface area (Å²) in [6.07, 6.45) is 8.26. The maximum absolute atomic E-state index is 4.75. The van der Waals surface area contributed by atoms with Crippen molar-refractivity contribution in [2.75, 3.05) is 19.6 Å². The van der Waals surface area contributed by atoms with Gasteiger partial charge in [-0.15, -0.1) is 0 Å². The van der Waals surface area contributed by atoms with Crippen molar-refractivity contribution >= 4 is 5.65 Å². The zero-order valence-electron chi connectivity index (χ0n) is 12.8. The van der Waals surface area contributed by atoms with E-state index in [1.54, 1.807) is 0 Å². The Balaban J connectivity index is 1.52. The van der Waals surface area contributed by atoms with Gasteiger partial charge in [0.05, 0.1) is 5.69 Å². The highest BCUT2D eigenvalue weighted by atomic mass is 15.2. The van der Waals surface area contributed by atoms with Gasteiger partial charge in [-0.05, 0) is 57.3 Å². The number of nitrogens with zero attached hydrogens (tertiary/aromatic N) is 3. The summed E-state index contributed by atoms with van der Waals surface area (Å²) in [5, 5.41) is 3.79. The van der Waals surface area contributed by atoms with Gasteiger partial charge in [-0.3, -0.25) is 4.90 Å². The van der Waals surface area contributed by atoms with Gasteiger partial charge in [0.1, 0.15) is 5.65 Å². The predicted molar refractivity (Wildman–Crippen MR) is 84.2 cm³/mol. The highest BCUT2D eigenvalue weighted by Crippen LogP contribution is 2.40. The van der Waals surface area contributed by atoms with E-state index >= 15 is 0 Å². The fraction of sp³-hybridized carbons (Fsp3) is 0.588. The SMILES string of the molecule is CC1(C2CC2)CN(Cc2cn3ccccc3n2)CCCN1. The molecule has 0 spiro atoms. The van der Waals surface area contributed by atoms with Crippen molar-refractivity contribution in [1.82, 2.24) is 19.6 Å². The normalized spacial score (nSPS) is 27.9. The highest BCUT2D eigenvalue weighted by Gasteiger charge is 2.42. The van der Waals surface area contributed by atoms with Crippen LogP contribution in [-0.2, 0) is 6.54 Å². The Labute approximate surface area is 126 Å². The standard InChI is InChI=1S/C17H24N4/c1-17(14-6-7-14)13-20(9-4-8-18-17)11-15-12-21-10-3-2-5-16(21)19-15/h2-3,5,10,12,14,18H,4,6-9,11,13H2,1H3. The molecule has 21 heavy (non-hydrogen) atoms. The number of rotatable bonds is 3. The Kier molecular flexibility index (Phi) is 3.23. The van der Waals surface area contributed by atoms with Crippen molar-refractivity contribution in [2.24, 2.45) is 5.92 Å². The summed E-state index contributed by atoms with van der Waals surface area (Å²) in [6, 6.07) is 6.17. The minimum Gasteiger partial charge on any atom is -0.310 e. The second kappa shape index (κ2) is 5.11. The molecule has 1 unspecified atom stereocenters. The molecular formula is C17H24N4. The van der Waals surface area contributed by atoms with Crippen LogP contribution in [0.4, 0.5) is 0 Å². The molecule has 1 saturated heterocycles. The maximum Gasteiger partial charge on any atom is 0.137 e. The lowest BCUT2D eigenvalue weighted by molar-refractivity contribution is 0.193. The maximum atomic E-state index is 4.75. The molecule has 2 fully saturated rings. The molecule has 1 atom stereocenters. The van der Waals surface area contributed by atoms with E-state index in [-0.39, 0.29) is 0 Å². The molecule has 0 aromatic carbocycles. The summed E-state index contributed by atoms with van der Waals surface area (Å²) in [6.45, 7) is 6.84. The Hall–Kier alpha value is -1.39. The van der Waals surface area contributed by atoms with Crippen LogP contribution in [0, 0.1) is 5.92 Å². The average molecular weight is 284 g/mol. The second-order valence-electron chi connectivity index (χ2n) is 6.88. The number of hydrogen-bond donors (Lipinski definition) is 1. The van der Waals surface area contributed by atoms with E-state index in [4.69, 9.17) is 4.98 Å². The zero-order chi connectivity index (χ0) is 14.3. The molecule has 1 aliphatic carbocycles. The van der Waals surface area contributed by atoms with Crippen LogP contribution in [0.5, 0.6) is 0 Å². The van der Waals surface area contributed by atoms with E-state index in [1.807, 2.05) is 6.07 Å². The highest BCUT2D eigenvalue weighted by molar-refractivity contribution is 5.39. The molecule has 2 aromatic rings. The topological polar surface area (TPSA) is 32.6 Å². The molecule has 1 N–H and O–H groups in total. The molecule has 2 aliphatic rings. The van der Waals surface area contributed by atoms with E-state index < -0.39 is 0 Å². The van der Waals surface area contributed by atoms with Gasteiger partial charge in [0.25, 0.3) is 0 Å². The fourth-order valence-electron chi connectivity index (χ4n) is 3.70. The Bertz CT molecular complexity index is 598. The molecule has 3 heterocycles. The number of aromatic nitrogens is 2. The average Bonchev–Trinajstić information content (AvgIpc) is 3.26. The minimum absolute atomic E-state index is 0.301. The molecule has 0 amide bonds. The fourth-order valence-corrected chi connectivity index (χ4v) is 3.70. The van der Waals surface area contributed by atoms with E-state index in [9.17, 15) is 0 Å². The van der Waals surface area contributed by atoms with Crippen LogP contribution in [0.2, 0.25) is 0 Å². The number of pyridine rings is 1. The monoisotopic (exact) mass is 284 g/mol. The van der Waals surface area contributed by atoms with Gasteiger partial charge in [0.15, 0.2) is 0 Å². The molecule has 0 radical (unpaired) electrons. The summed E-state index contributed by atoms with van der Waals surface area (Å²) >= 11 is 0. The van der Waals surface area contributed by atoms with Crippen LogP contribution >= 0.6 is 0 Å². The number of hydrogen-bond acceptors (Lipinski definition) is 3. The largest absolute Gasteiger partial charge is 0.310 e. The predicted octanol–water partition coefficient (Wildman–Crippen LogP) is 2.30. The molecule has 4 rings (SSSR count).